The van der Waals surface area contributed by atoms with Crippen LogP contribution in [-0.4, -0.2) is 76.9 Å². The molecule has 3 atom stereocenters. The Kier molecular flexibility index (Phi) is 12.3. The number of aromatic amines is 1. The number of aromatic nitrogens is 2. The first-order valence-corrected chi connectivity index (χ1v) is 13.2. The van der Waals surface area contributed by atoms with E-state index in [0.717, 1.165) is 17.7 Å². The number of hydrogen-bond acceptors (Lipinski definition) is 7. The first-order valence-electron chi connectivity index (χ1n) is 11.8. The number of thioether (sulfide) groups is 1. The molecule has 1 aromatic carbocycles. The molecular formula is C25H37N5O4S. The molecule has 0 bridgehead atoms. The Hall–Kier alpha value is -2.85. The molecule has 3 unspecified atom stereocenters. The van der Waals surface area contributed by atoms with Crippen molar-refractivity contribution in [3.8, 4) is 0 Å². The van der Waals surface area contributed by atoms with E-state index in [-0.39, 0.29) is 30.3 Å². The van der Waals surface area contributed by atoms with E-state index < -0.39 is 12.0 Å². The van der Waals surface area contributed by atoms with Gasteiger partial charge in [0, 0.05) is 25.3 Å². The van der Waals surface area contributed by atoms with Crippen molar-refractivity contribution in [1.82, 2.24) is 25.5 Å². The molecule has 192 valence electrons. The van der Waals surface area contributed by atoms with E-state index in [4.69, 9.17) is 4.74 Å². The zero-order valence-corrected chi connectivity index (χ0v) is 21.8. The number of carbonyl (C=O) groups is 3. The van der Waals surface area contributed by atoms with Gasteiger partial charge < -0.3 is 20.4 Å². The summed E-state index contributed by atoms with van der Waals surface area (Å²) in [5.41, 5.74) is 1.37. The zero-order chi connectivity index (χ0) is 25.6. The van der Waals surface area contributed by atoms with Crippen LogP contribution in [0, 0.1) is 5.92 Å². The third-order valence-electron chi connectivity index (χ3n) is 5.88. The molecule has 35 heavy (non-hydrogen) atoms. The number of methoxy groups -OCH3 is 1. The van der Waals surface area contributed by atoms with E-state index in [2.05, 4.69) is 34.4 Å². The van der Waals surface area contributed by atoms with Crippen molar-refractivity contribution in [2.24, 2.45) is 5.92 Å². The van der Waals surface area contributed by atoms with Gasteiger partial charge in [-0.3, -0.25) is 14.5 Å². The topological polar surface area (TPSA) is 116 Å². The monoisotopic (exact) mass is 503 g/mol. The number of nitrogens with one attached hydrogen (secondary N) is 3. The minimum atomic E-state index is -0.691. The first-order chi connectivity index (χ1) is 16.9. The van der Waals surface area contributed by atoms with Crippen LogP contribution in [0.5, 0.6) is 0 Å². The number of benzene rings is 1. The highest BCUT2D eigenvalue weighted by molar-refractivity contribution is 7.98. The van der Waals surface area contributed by atoms with Gasteiger partial charge in [-0.05, 0) is 29.9 Å². The number of rotatable bonds is 15. The maximum Gasteiger partial charge on any atom is 0.328 e. The molecule has 10 heteroatoms. The number of nitrogens with zero attached hydrogens (tertiary/aromatic N) is 2. The van der Waals surface area contributed by atoms with Gasteiger partial charge in [0.1, 0.15) is 11.7 Å². The van der Waals surface area contributed by atoms with E-state index >= 15 is 0 Å². The van der Waals surface area contributed by atoms with Gasteiger partial charge in [-0.15, -0.1) is 0 Å². The van der Waals surface area contributed by atoms with Crippen molar-refractivity contribution >= 4 is 29.5 Å². The van der Waals surface area contributed by atoms with E-state index in [1.54, 1.807) is 18.0 Å². The number of ether oxygens (including phenoxy) is 1. The fourth-order valence-corrected chi connectivity index (χ4v) is 4.13. The summed E-state index contributed by atoms with van der Waals surface area (Å²) in [7, 11) is 1.32. The van der Waals surface area contributed by atoms with Crippen LogP contribution in [0.3, 0.4) is 0 Å². The molecule has 3 N–H and O–H groups in total. The van der Waals surface area contributed by atoms with Gasteiger partial charge >= 0.3 is 5.97 Å². The summed E-state index contributed by atoms with van der Waals surface area (Å²) in [6, 6.07) is 8.96. The van der Waals surface area contributed by atoms with Crippen LogP contribution in [0.2, 0.25) is 0 Å². The molecular weight excluding hydrogens is 466 g/mol. The van der Waals surface area contributed by atoms with Gasteiger partial charge in [0.05, 0.1) is 20.0 Å². The van der Waals surface area contributed by atoms with Crippen LogP contribution < -0.4 is 10.6 Å². The van der Waals surface area contributed by atoms with Crippen LogP contribution >= 0.6 is 11.8 Å². The van der Waals surface area contributed by atoms with E-state index in [9.17, 15) is 14.4 Å². The molecule has 1 aromatic heterocycles. The van der Waals surface area contributed by atoms with E-state index in [0.29, 0.717) is 25.2 Å². The second-order valence-electron chi connectivity index (χ2n) is 8.50. The third kappa shape index (κ3) is 9.73. The van der Waals surface area contributed by atoms with Gasteiger partial charge in [0.2, 0.25) is 5.91 Å². The Morgan fingerprint density at radius 1 is 1.20 bits per heavy atom. The smallest absolute Gasteiger partial charge is 0.328 e. The standard InChI is InChI=1S/C25H37N5O4S/c1-5-18(2)22(29-24(32)21-13-26-17-27-21)15-30(14-19-9-7-6-8-10-19)16-23(31)28-20(11-12-35-4)25(33)34-3/h6-10,13,17-18,20,22H,5,11-12,14-16H2,1-4H3,(H,26,27)(H,28,31)(H,29,32). The lowest BCUT2D eigenvalue weighted by Gasteiger charge is -2.31. The summed E-state index contributed by atoms with van der Waals surface area (Å²) in [6.07, 6.45) is 6.32. The molecule has 1 heterocycles. The number of imidazole rings is 1. The van der Waals surface area contributed by atoms with Crippen molar-refractivity contribution in [3.05, 3.63) is 54.1 Å². The first kappa shape index (κ1) is 28.4. The summed E-state index contributed by atoms with van der Waals surface area (Å²) in [6.45, 7) is 5.20. The summed E-state index contributed by atoms with van der Waals surface area (Å²) in [5.74, 6) is -0.0832. The average Bonchev–Trinajstić information content (AvgIpc) is 3.41. The fraction of sp³-hybridized carbons (Fsp3) is 0.520. The van der Waals surface area contributed by atoms with Crippen LogP contribution in [0.25, 0.3) is 0 Å². The fourth-order valence-electron chi connectivity index (χ4n) is 3.65. The van der Waals surface area contributed by atoms with E-state index in [1.807, 2.05) is 41.5 Å². The lowest BCUT2D eigenvalue weighted by atomic mass is 9.98. The predicted molar refractivity (Wildman–Crippen MR) is 138 cm³/mol. The van der Waals surface area contributed by atoms with Crippen molar-refractivity contribution < 1.29 is 19.1 Å². The SMILES string of the molecule is CCC(C)C(CN(CC(=O)NC(CCSC)C(=O)OC)Cc1ccccc1)NC(=O)c1c[nH]cn1. The molecule has 2 rings (SSSR count). The molecule has 0 aliphatic heterocycles. The molecule has 9 nitrogen and oxygen atoms in total. The Bertz CT molecular complexity index is 910. The van der Waals surface area contributed by atoms with E-state index in [1.165, 1.54) is 13.4 Å². The molecule has 2 amide bonds. The molecule has 0 spiro atoms. The number of amides is 2. The zero-order valence-electron chi connectivity index (χ0n) is 21.0. The third-order valence-corrected chi connectivity index (χ3v) is 6.52. The maximum atomic E-state index is 13.0. The second kappa shape index (κ2) is 15.2. The summed E-state index contributed by atoms with van der Waals surface area (Å²) < 4.78 is 4.87. The molecule has 0 radical (unpaired) electrons. The summed E-state index contributed by atoms with van der Waals surface area (Å²) >= 11 is 1.60. The van der Waals surface area contributed by atoms with Crippen molar-refractivity contribution in [2.45, 2.75) is 45.3 Å². The van der Waals surface area contributed by atoms with Gasteiger partial charge in [-0.2, -0.15) is 11.8 Å². The van der Waals surface area contributed by atoms with Crippen LogP contribution in [0.1, 0.15) is 42.7 Å². The molecule has 0 saturated heterocycles. The molecule has 0 saturated carbocycles. The highest BCUT2D eigenvalue weighted by atomic mass is 32.2. The molecule has 0 aliphatic rings. The minimum absolute atomic E-state index is 0.0763. The van der Waals surface area contributed by atoms with Crippen LogP contribution in [0.4, 0.5) is 0 Å². The largest absolute Gasteiger partial charge is 0.467 e. The molecule has 0 fully saturated rings. The minimum Gasteiger partial charge on any atom is -0.467 e. The summed E-state index contributed by atoms with van der Waals surface area (Å²) in [4.78, 5) is 46.7. The Labute approximate surface area is 211 Å². The van der Waals surface area contributed by atoms with Crippen LogP contribution in [0.15, 0.2) is 42.9 Å². The summed E-state index contributed by atoms with van der Waals surface area (Å²) in [5, 5.41) is 5.91. The second-order valence-corrected chi connectivity index (χ2v) is 9.49. The van der Waals surface area contributed by atoms with Gasteiger partial charge in [-0.1, -0.05) is 50.6 Å². The van der Waals surface area contributed by atoms with Crippen molar-refractivity contribution in [2.75, 3.05) is 32.2 Å². The number of carbonyl (C=O) groups excluding carboxylic acids is 3. The van der Waals surface area contributed by atoms with Crippen molar-refractivity contribution in [1.29, 1.82) is 0 Å². The highest BCUT2D eigenvalue weighted by Crippen LogP contribution is 2.13. The van der Waals surface area contributed by atoms with Gasteiger partial charge in [0.15, 0.2) is 0 Å². The maximum absolute atomic E-state index is 13.0. The quantitative estimate of drug-likeness (QED) is 0.320. The predicted octanol–water partition coefficient (Wildman–Crippen LogP) is 2.47. The number of hydrogen-bond donors (Lipinski definition) is 3. The van der Waals surface area contributed by atoms with Crippen molar-refractivity contribution in [3.63, 3.8) is 0 Å². The molecule has 2 aromatic rings. The molecule has 0 aliphatic carbocycles. The lowest BCUT2D eigenvalue weighted by Crippen LogP contribution is -2.51. The Morgan fingerprint density at radius 3 is 2.54 bits per heavy atom. The number of esters is 1. The van der Waals surface area contributed by atoms with Crippen LogP contribution in [-0.2, 0) is 20.9 Å². The van der Waals surface area contributed by atoms with Gasteiger partial charge in [-0.25, -0.2) is 9.78 Å². The van der Waals surface area contributed by atoms with Gasteiger partial charge in [0.25, 0.3) is 5.91 Å². The lowest BCUT2D eigenvalue weighted by molar-refractivity contribution is -0.145. The average molecular weight is 504 g/mol. The number of H-pyrrole nitrogens is 1. The Morgan fingerprint density at radius 2 is 1.94 bits per heavy atom. The highest BCUT2D eigenvalue weighted by Gasteiger charge is 2.26. The Balaban J connectivity index is 2.16. The normalized spacial score (nSPS) is 13.6.